The van der Waals surface area contributed by atoms with E-state index in [-0.39, 0.29) is 24.0 Å². The molecule has 3 aliphatic rings. The van der Waals surface area contributed by atoms with E-state index < -0.39 is 29.7 Å². The Kier molecular flexibility index (Phi) is 4.35. The van der Waals surface area contributed by atoms with Crippen molar-refractivity contribution in [3.8, 4) is 0 Å². The molecule has 0 aliphatic carbocycles. The number of hydrogen-bond donors (Lipinski definition) is 3. The Labute approximate surface area is 171 Å². The molecule has 1 aromatic carbocycles. The van der Waals surface area contributed by atoms with Crippen LogP contribution in [0.1, 0.15) is 44.8 Å². The highest BCUT2D eigenvalue weighted by Crippen LogP contribution is 2.29. The van der Waals surface area contributed by atoms with Crippen molar-refractivity contribution >= 4 is 29.3 Å². The van der Waals surface area contributed by atoms with Crippen LogP contribution in [0.15, 0.2) is 24.4 Å². The van der Waals surface area contributed by atoms with E-state index in [9.17, 15) is 19.2 Å². The number of fused-ring (bicyclic) bond motifs is 2. The van der Waals surface area contributed by atoms with Crippen molar-refractivity contribution in [2.45, 2.75) is 38.5 Å². The van der Waals surface area contributed by atoms with Gasteiger partial charge in [0.25, 0.3) is 11.8 Å². The first kappa shape index (κ1) is 18.5. The maximum Gasteiger partial charge on any atom is 0.262 e. The Bertz CT molecular complexity index is 1090. The van der Waals surface area contributed by atoms with Crippen molar-refractivity contribution in [3.05, 3.63) is 46.8 Å². The van der Waals surface area contributed by atoms with E-state index in [1.165, 1.54) is 0 Å². The SMILES string of the molecule is O=C1CCC(N2C(=O)c3ccc(NCc4cnn5c4CNCC5)cc3C2=O)C(=O)N1. The van der Waals surface area contributed by atoms with E-state index in [4.69, 9.17) is 0 Å². The second-order valence-electron chi connectivity index (χ2n) is 7.58. The van der Waals surface area contributed by atoms with Gasteiger partial charge < -0.3 is 10.6 Å². The van der Waals surface area contributed by atoms with Crippen molar-refractivity contribution in [2.24, 2.45) is 0 Å². The number of rotatable bonds is 4. The van der Waals surface area contributed by atoms with Crippen LogP contribution in [0.3, 0.4) is 0 Å². The second kappa shape index (κ2) is 7.06. The number of amides is 4. The van der Waals surface area contributed by atoms with Crippen LogP contribution >= 0.6 is 0 Å². The van der Waals surface area contributed by atoms with Gasteiger partial charge in [-0.25, -0.2) is 0 Å². The molecule has 4 amide bonds. The van der Waals surface area contributed by atoms with Gasteiger partial charge in [0.1, 0.15) is 6.04 Å². The molecular formula is C20H20N6O4. The summed E-state index contributed by atoms with van der Waals surface area (Å²) in [5.41, 5.74) is 3.42. The molecule has 30 heavy (non-hydrogen) atoms. The Morgan fingerprint density at radius 2 is 1.97 bits per heavy atom. The van der Waals surface area contributed by atoms with Crippen LogP contribution < -0.4 is 16.0 Å². The van der Waals surface area contributed by atoms with Gasteiger partial charge in [0.05, 0.1) is 29.6 Å². The standard InChI is InChI=1S/C20H20N6O4/c27-17-4-3-15(18(28)24-17)26-19(29)13-2-1-12(7-14(13)20(26)30)22-8-11-9-23-25-6-5-21-10-16(11)25/h1-2,7,9,15,21-22H,3-6,8,10H2,(H,24,27,28). The number of imide groups is 2. The summed E-state index contributed by atoms with van der Waals surface area (Å²) in [5.74, 6) is -2.02. The van der Waals surface area contributed by atoms with Crippen LogP contribution in [-0.4, -0.2) is 50.9 Å². The first-order valence-corrected chi connectivity index (χ1v) is 9.86. The van der Waals surface area contributed by atoms with Crippen molar-refractivity contribution in [3.63, 3.8) is 0 Å². The summed E-state index contributed by atoms with van der Waals surface area (Å²) in [5, 5.41) is 13.2. The van der Waals surface area contributed by atoms with E-state index in [1.807, 2.05) is 10.9 Å². The zero-order chi connectivity index (χ0) is 20.8. The highest BCUT2D eigenvalue weighted by atomic mass is 16.2. The Hall–Kier alpha value is -3.53. The molecule has 2 aromatic rings. The van der Waals surface area contributed by atoms with Crippen molar-refractivity contribution in [1.29, 1.82) is 0 Å². The summed E-state index contributed by atoms with van der Waals surface area (Å²) in [6, 6.07) is 4.01. The number of piperidine rings is 1. The molecule has 10 nitrogen and oxygen atoms in total. The average Bonchev–Trinajstić information content (AvgIpc) is 3.26. The molecule has 1 aromatic heterocycles. The zero-order valence-electron chi connectivity index (χ0n) is 16.1. The largest absolute Gasteiger partial charge is 0.381 e. The molecule has 4 heterocycles. The molecule has 3 aliphatic heterocycles. The Morgan fingerprint density at radius 3 is 2.80 bits per heavy atom. The van der Waals surface area contributed by atoms with E-state index in [2.05, 4.69) is 21.0 Å². The fraction of sp³-hybridized carbons (Fsp3) is 0.350. The number of carbonyl (C=O) groups is 4. The lowest BCUT2D eigenvalue weighted by atomic mass is 10.0. The van der Waals surface area contributed by atoms with Gasteiger partial charge in [0.15, 0.2) is 0 Å². The summed E-state index contributed by atoms with van der Waals surface area (Å²) in [6.07, 6.45) is 2.08. The van der Waals surface area contributed by atoms with Crippen molar-refractivity contribution < 1.29 is 19.2 Å². The normalized spacial score (nSPS) is 20.8. The van der Waals surface area contributed by atoms with Crippen LogP contribution in [0, 0.1) is 0 Å². The fourth-order valence-corrected chi connectivity index (χ4v) is 4.16. The van der Waals surface area contributed by atoms with Crippen LogP contribution in [0.25, 0.3) is 0 Å². The predicted octanol–water partition coefficient (Wildman–Crippen LogP) is -0.000400. The summed E-state index contributed by atoms with van der Waals surface area (Å²) in [6.45, 7) is 3.02. The molecule has 1 saturated heterocycles. The average molecular weight is 408 g/mol. The molecular weight excluding hydrogens is 388 g/mol. The maximum absolute atomic E-state index is 12.9. The lowest BCUT2D eigenvalue weighted by Gasteiger charge is -2.27. The van der Waals surface area contributed by atoms with Crippen molar-refractivity contribution in [1.82, 2.24) is 25.3 Å². The Morgan fingerprint density at radius 1 is 1.13 bits per heavy atom. The van der Waals surface area contributed by atoms with Gasteiger partial charge in [-0.2, -0.15) is 5.10 Å². The van der Waals surface area contributed by atoms with Gasteiger partial charge in [-0.1, -0.05) is 0 Å². The number of benzene rings is 1. The molecule has 3 N–H and O–H groups in total. The topological polar surface area (TPSA) is 125 Å². The smallest absolute Gasteiger partial charge is 0.262 e. The van der Waals surface area contributed by atoms with Crippen LogP contribution in [-0.2, 0) is 29.2 Å². The molecule has 5 rings (SSSR count). The molecule has 0 saturated carbocycles. The van der Waals surface area contributed by atoms with Gasteiger partial charge in [0.2, 0.25) is 11.8 Å². The minimum atomic E-state index is -0.960. The molecule has 0 radical (unpaired) electrons. The van der Waals surface area contributed by atoms with Gasteiger partial charge in [-0.3, -0.25) is 34.1 Å². The van der Waals surface area contributed by atoms with Gasteiger partial charge >= 0.3 is 0 Å². The molecule has 154 valence electrons. The molecule has 10 heteroatoms. The molecule has 1 unspecified atom stereocenters. The number of nitrogens with one attached hydrogen (secondary N) is 3. The third-order valence-electron chi connectivity index (χ3n) is 5.75. The van der Waals surface area contributed by atoms with E-state index in [0.717, 1.165) is 35.8 Å². The predicted molar refractivity (Wildman–Crippen MR) is 104 cm³/mol. The number of aromatic nitrogens is 2. The maximum atomic E-state index is 12.9. The van der Waals surface area contributed by atoms with E-state index in [0.29, 0.717) is 12.2 Å². The third kappa shape index (κ3) is 2.96. The van der Waals surface area contributed by atoms with E-state index in [1.54, 1.807) is 18.2 Å². The minimum Gasteiger partial charge on any atom is -0.381 e. The molecule has 1 atom stereocenters. The highest BCUT2D eigenvalue weighted by molar-refractivity contribution is 6.23. The van der Waals surface area contributed by atoms with Gasteiger partial charge in [-0.05, 0) is 24.6 Å². The summed E-state index contributed by atoms with van der Waals surface area (Å²) < 4.78 is 1.98. The Balaban J connectivity index is 1.34. The zero-order valence-corrected chi connectivity index (χ0v) is 16.1. The number of anilines is 1. The van der Waals surface area contributed by atoms with E-state index >= 15 is 0 Å². The van der Waals surface area contributed by atoms with Crippen LogP contribution in [0.5, 0.6) is 0 Å². The lowest BCUT2D eigenvalue weighted by molar-refractivity contribution is -0.136. The molecule has 0 spiro atoms. The van der Waals surface area contributed by atoms with Crippen molar-refractivity contribution in [2.75, 3.05) is 11.9 Å². The summed E-state index contributed by atoms with van der Waals surface area (Å²) in [7, 11) is 0. The van der Waals surface area contributed by atoms with Gasteiger partial charge in [0, 0.05) is 37.3 Å². The molecule has 0 bridgehead atoms. The number of carbonyl (C=O) groups excluding carboxylic acids is 4. The monoisotopic (exact) mass is 408 g/mol. The minimum absolute atomic E-state index is 0.0987. The number of hydrogen-bond acceptors (Lipinski definition) is 7. The highest BCUT2D eigenvalue weighted by Gasteiger charge is 2.44. The number of nitrogens with zero attached hydrogens (tertiary/aromatic N) is 3. The van der Waals surface area contributed by atoms with Crippen LogP contribution in [0.4, 0.5) is 5.69 Å². The quantitative estimate of drug-likeness (QED) is 0.608. The molecule has 1 fully saturated rings. The summed E-state index contributed by atoms with van der Waals surface area (Å²) in [4.78, 5) is 50.2. The van der Waals surface area contributed by atoms with Gasteiger partial charge in [-0.15, -0.1) is 0 Å². The fourth-order valence-electron chi connectivity index (χ4n) is 4.16. The lowest BCUT2D eigenvalue weighted by Crippen LogP contribution is -2.54. The first-order chi connectivity index (χ1) is 14.5. The summed E-state index contributed by atoms with van der Waals surface area (Å²) >= 11 is 0. The second-order valence-corrected chi connectivity index (χ2v) is 7.58. The first-order valence-electron chi connectivity index (χ1n) is 9.86. The van der Waals surface area contributed by atoms with Crippen LogP contribution in [0.2, 0.25) is 0 Å². The third-order valence-corrected chi connectivity index (χ3v) is 5.75.